The lowest BCUT2D eigenvalue weighted by Gasteiger charge is -2.13. The first kappa shape index (κ1) is 14.5. The quantitative estimate of drug-likeness (QED) is 0.762. The minimum absolute atomic E-state index is 0.0896. The number of nitrogens with one attached hydrogen (secondary N) is 1. The summed E-state index contributed by atoms with van der Waals surface area (Å²) in [4.78, 5) is 22.8. The predicted octanol–water partition coefficient (Wildman–Crippen LogP) is 1.96. The molecule has 0 fully saturated rings. The van der Waals surface area contributed by atoms with Gasteiger partial charge >= 0.3 is 5.97 Å². The molecule has 4 N–H and O–H groups in total. The van der Waals surface area contributed by atoms with Crippen LogP contribution in [0.4, 0.5) is 5.69 Å². The molecule has 5 nitrogen and oxygen atoms in total. The molecule has 6 heteroatoms. The van der Waals surface area contributed by atoms with Crippen LogP contribution in [-0.2, 0) is 4.79 Å². The van der Waals surface area contributed by atoms with E-state index in [0.717, 1.165) is 0 Å². The Balaban J connectivity index is 2.94. The van der Waals surface area contributed by atoms with Crippen molar-refractivity contribution in [1.82, 2.24) is 0 Å². The molecule has 0 radical (unpaired) electrons. The summed E-state index contributed by atoms with van der Waals surface area (Å²) in [5.41, 5.74) is 5.46. The molecule has 1 aromatic carbocycles. The topological polar surface area (TPSA) is 92.4 Å². The summed E-state index contributed by atoms with van der Waals surface area (Å²) in [7, 11) is 0. The first-order valence-electron chi connectivity index (χ1n) is 5.50. The third-order valence-electron chi connectivity index (χ3n) is 2.53. The maximum Gasteiger partial charge on any atom is 0.339 e. The molecule has 0 saturated heterocycles. The molecule has 0 heterocycles. The summed E-state index contributed by atoms with van der Waals surface area (Å²) in [6, 6.07) is 4.55. The van der Waals surface area contributed by atoms with Crippen LogP contribution < -0.4 is 11.1 Å². The van der Waals surface area contributed by atoms with Crippen LogP contribution in [0, 0.1) is 5.92 Å². The Kier molecular flexibility index (Phi) is 5.12. The molecule has 0 aromatic heterocycles. The summed E-state index contributed by atoms with van der Waals surface area (Å²) in [5.74, 6) is -1.73. The van der Waals surface area contributed by atoms with Gasteiger partial charge in [-0.3, -0.25) is 4.79 Å². The third kappa shape index (κ3) is 3.45. The number of anilines is 1. The first-order chi connectivity index (χ1) is 8.47. The molecule has 1 unspecified atom stereocenters. The Hall–Kier alpha value is -1.59. The van der Waals surface area contributed by atoms with Crippen LogP contribution >= 0.6 is 11.6 Å². The second kappa shape index (κ2) is 6.37. The molecule has 0 aliphatic carbocycles. The average Bonchev–Trinajstić information content (AvgIpc) is 2.28. The Bertz CT molecular complexity index is 463. The van der Waals surface area contributed by atoms with Crippen LogP contribution in [-0.4, -0.2) is 23.5 Å². The standard InChI is InChI=1S/C12H15ClN2O3/c1-7(5-6-14)11(16)15-9-4-2-3-8(13)10(9)12(17)18/h2-4,7H,5-6,14H2,1H3,(H,15,16)(H,17,18). The number of amides is 1. The Labute approximate surface area is 110 Å². The van der Waals surface area contributed by atoms with Gasteiger partial charge in [-0.05, 0) is 25.1 Å². The van der Waals surface area contributed by atoms with Gasteiger partial charge in [-0.25, -0.2) is 4.79 Å². The Morgan fingerprint density at radius 1 is 1.50 bits per heavy atom. The van der Waals surface area contributed by atoms with E-state index in [2.05, 4.69) is 5.32 Å². The number of carbonyl (C=O) groups is 2. The van der Waals surface area contributed by atoms with Crippen LogP contribution in [0.2, 0.25) is 5.02 Å². The number of carboxylic acids is 1. The number of aromatic carboxylic acids is 1. The molecular weight excluding hydrogens is 256 g/mol. The maximum absolute atomic E-state index is 11.8. The van der Waals surface area contributed by atoms with Gasteiger partial charge in [0, 0.05) is 5.92 Å². The fraction of sp³-hybridized carbons (Fsp3) is 0.333. The predicted molar refractivity (Wildman–Crippen MR) is 69.9 cm³/mol. The molecule has 0 aliphatic rings. The van der Waals surface area contributed by atoms with Crippen molar-refractivity contribution in [3.8, 4) is 0 Å². The molecule has 0 saturated carbocycles. The molecule has 0 spiro atoms. The van der Waals surface area contributed by atoms with Crippen molar-refractivity contribution in [3.63, 3.8) is 0 Å². The normalized spacial score (nSPS) is 11.9. The molecule has 18 heavy (non-hydrogen) atoms. The number of rotatable bonds is 5. The number of carbonyl (C=O) groups excluding carboxylic acids is 1. The highest BCUT2D eigenvalue weighted by Gasteiger charge is 2.18. The Morgan fingerprint density at radius 3 is 2.72 bits per heavy atom. The fourth-order valence-corrected chi connectivity index (χ4v) is 1.74. The van der Waals surface area contributed by atoms with Gasteiger partial charge in [0.05, 0.1) is 10.7 Å². The summed E-state index contributed by atoms with van der Waals surface area (Å²) in [6.07, 6.45) is 0.537. The van der Waals surface area contributed by atoms with Crippen molar-refractivity contribution in [2.24, 2.45) is 11.7 Å². The second-order valence-corrected chi connectivity index (χ2v) is 4.34. The van der Waals surface area contributed by atoms with Crippen LogP contribution in [0.3, 0.4) is 0 Å². The van der Waals surface area contributed by atoms with Crippen molar-refractivity contribution in [3.05, 3.63) is 28.8 Å². The van der Waals surface area contributed by atoms with E-state index in [1.165, 1.54) is 12.1 Å². The first-order valence-corrected chi connectivity index (χ1v) is 5.88. The van der Waals surface area contributed by atoms with E-state index in [-0.39, 0.29) is 28.1 Å². The summed E-state index contributed by atoms with van der Waals surface area (Å²) >= 11 is 5.80. The third-order valence-corrected chi connectivity index (χ3v) is 2.85. The zero-order valence-corrected chi connectivity index (χ0v) is 10.7. The highest BCUT2D eigenvalue weighted by atomic mass is 35.5. The fourth-order valence-electron chi connectivity index (χ4n) is 1.48. The van der Waals surface area contributed by atoms with Gasteiger partial charge in [0.15, 0.2) is 0 Å². The average molecular weight is 271 g/mol. The monoisotopic (exact) mass is 270 g/mol. The van der Waals surface area contributed by atoms with Crippen molar-refractivity contribution < 1.29 is 14.7 Å². The van der Waals surface area contributed by atoms with Crippen molar-refractivity contribution in [2.75, 3.05) is 11.9 Å². The molecule has 0 bridgehead atoms. The van der Waals surface area contributed by atoms with E-state index < -0.39 is 5.97 Å². The van der Waals surface area contributed by atoms with Crippen LogP contribution in [0.1, 0.15) is 23.7 Å². The van der Waals surface area contributed by atoms with Gasteiger partial charge in [-0.15, -0.1) is 0 Å². The minimum atomic E-state index is -1.18. The van der Waals surface area contributed by atoms with Gasteiger partial charge in [0.25, 0.3) is 0 Å². The van der Waals surface area contributed by atoms with Gasteiger partial charge in [-0.1, -0.05) is 24.6 Å². The largest absolute Gasteiger partial charge is 0.478 e. The molecule has 1 aromatic rings. The van der Waals surface area contributed by atoms with Gasteiger partial charge in [-0.2, -0.15) is 0 Å². The Morgan fingerprint density at radius 2 is 2.17 bits per heavy atom. The zero-order valence-electron chi connectivity index (χ0n) is 9.94. The summed E-state index contributed by atoms with van der Waals surface area (Å²) in [6.45, 7) is 2.13. The molecular formula is C12H15ClN2O3. The molecule has 98 valence electrons. The van der Waals surface area contributed by atoms with Crippen LogP contribution in [0.25, 0.3) is 0 Å². The molecule has 1 atom stereocenters. The number of carboxylic acid groups (broad SMARTS) is 1. The van der Waals surface area contributed by atoms with Crippen LogP contribution in [0.5, 0.6) is 0 Å². The van der Waals surface area contributed by atoms with Gasteiger partial charge < -0.3 is 16.2 Å². The number of hydrogen-bond acceptors (Lipinski definition) is 3. The van der Waals surface area contributed by atoms with E-state index >= 15 is 0 Å². The van der Waals surface area contributed by atoms with E-state index in [1.807, 2.05) is 0 Å². The second-order valence-electron chi connectivity index (χ2n) is 3.94. The number of hydrogen-bond donors (Lipinski definition) is 3. The SMILES string of the molecule is CC(CCN)C(=O)Nc1cccc(Cl)c1C(=O)O. The van der Waals surface area contributed by atoms with Gasteiger partial charge in [0.2, 0.25) is 5.91 Å². The minimum Gasteiger partial charge on any atom is -0.478 e. The molecule has 0 aliphatic heterocycles. The van der Waals surface area contributed by atoms with Crippen molar-refractivity contribution >= 4 is 29.2 Å². The number of halogens is 1. The maximum atomic E-state index is 11.8. The van der Waals surface area contributed by atoms with E-state index in [1.54, 1.807) is 13.0 Å². The molecule has 1 amide bonds. The lowest BCUT2D eigenvalue weighted by Crippen LogP contribution is -2.23. The number of benzene rings is 1. The lowest BCUT2D eigenvalue weighted by atomic mass is 10.1. The summed E-state index contributed by atoms with van der Waals surface area (Å²) in [5, 5.41) is 11.7. The lowest BCUT2D eigenvalue weighted by molar-refractivity contribution is -0.119. The van der Waals surface area contributed by atoms with E-state index in [9.17, 15) is 9.59 Å². The number of nitrogens with two attached hydrogens (primary N) is 1. The van der Waals surface area contributed by atoms with E-state index in [0.29, 0.717) is 13.0 Å². The van der Waals surface area contributed by atoms with Crippen LogP contribution in [0.15, 0.2) is 18.2 Å². The summed E-state index contributed by atoms with van der Waals surface area (Å²) < 4.78 is 0. The van der Waals surface area contributed by atoms with Crippen molar-refractivity contribution in [1.29, 1.82) is 0 Å². The highest BCUT2D eigenvalue weighted by Crippen LogP contribution is 2.24. The zero-order chi connectivity index (χ0) is 13.7. The smallest absolute Gasteiger partial charge is 0.339 e. The van der Waals surface area contributed by atoms with Gasteiger partial charge in [0.1, 0.15) is 5.56 Å². The highest BCUT2D eigenvalue weighted by molar-refractivity contribution is 6.34. The molecule has 1 rings (SSSR count). The van der Waals surface area contributed by atoms with Crippen molar-refractivity contribution in [2.45, 2.75) is 13.3 Å². The van der Waals surface area contributed by atoms with E-state index in [4.69, 9.17) is 22.4 Å².